The van der Waals surface area contributed by atoms with Crippen molar-refractivity contribution in [3.63, 3.8) is 0 Å². The molecule has 0 spiro atoms. The third kappa shape index (κ3) is 4.51. The Bertz CT molecular complexity index is 872. The summed E-state index contributed by atoms with van der Waals surface area (Å²) in [5, 5.41) is 9.84. The molecular weight excluding hydrogens is 438 g/mol. The minimum atomic E-state index is -0.817. The van der Waals surface area contributed by atoms with Gasteiger partial charge in [0.1, 0.15) is 23.3 Å². The zero-order chi connectivity index (χ0) is 21.0. The van der Waals surface area contributed by atoms with Gasteiger partial charge in [-0.15, -0.1) is 0 Å². The zero-order valence-electron chi connectivity index (χ0n) is 16.9. The number of carboxylic acid groups (broad SMARTS) is 1. The normalized spacial score (nSPS) is 17.7. The van der Waals surface area contributed by atoms with Gasteiger partial charge in [-0.1, -0.05) is 15.9 Å². The highest BCUT2D eigenvalue weighted by atomic mass is 79.9. The van der Waals surface area contributed by atoms with Crippen LogP contribution in [0.5, 0.6) is 17.2 Å². The fraction of sp³-hybridized carbons (Fsp3) is 0.409. The van der Waals surface area contributed by atoms with E-state index in [1.165, 1.54) is 0 Å². The third-order valence-electron chi connectivity index (χ3n) is 5.21. The van der Waals surface area contributed by atoms with E-state index in [9.17, 15) is 9.90 Å². The minimum Gasteiger partial charge on any atom is -0.497 e. The van der Waals surface area contributed by atoms with Crippen molar-refractivity contribution in [2.45, 2.75) is 31.8 Å². The van der Waals surface area contributed by atoms with Crippen molar-refractivity contribution < 1.29 is 24.1 Å². The second kappa shape index (κ2) is 9.50. The smallest absolute Gasteiger partial charge is 0.320 e. The molecule has 1 N–H and O–H groups in total. The van der Waals surface area contributed by atoms with E-state index >= 15 is 0 Å². The molecule has 1 heterocycles. The number of halogens is 1. The van der Waals surface area contributed by atoms with Gasteiger partial charge < -0.3 is 19.3 Å². The highest BCUT2D eigenvalue weighted by molar-refractivity contribution is 9.10. The van der Waals surface area contributed by atoms with Gasteiger partial charge in [-0.05, 0) is 56.2 Å². The highest BCUT2D eigenvalue weighted by Crippen LogP contribution is 2.44. The van der Waals surface area contributed by atoms with Gasteiger partial charge in [0.25, 0.3) is 0 Å². The molecule has 0 radical (unpaired) electrons. The van der Waals surface area contributed by atoms with E-state index in [1.807, 2.05) is 48.2 Å². The molecule has 7 heteroatoms. The van der Waals surface area contributed by atoms with Gasteiger partial charge in [-0.25, -0.2) is 0 Å². The van der Waals surface area contributed by atoms with E-state index in [-0.39, 0.29) is 6.04 Å². The third-order valence-corrected chi connectivity index (χ3v) is 5.70. The molecule has 0 aliphatic carbocycles. The lowest BCUT2D eigenvalue weighted by Crippen LogP contribution is -2.39. The summed E-state index contributed by atoms with van der Waals surface area (Å²) >= 11 is 3.56. The number of carbonyl (C=O) groups is 1. The fourth-order valence-electron chi connectivity index (χ4n) is 3.96. The Morgan fingerprint density at radius 2 is 1.90 bits per heavy atom. The Morgan fingerprint density at radius 1 is 1.17 bits per heavy atom. The van der Waals surface area contributed by atoms with Crippen LogP contribution in [0.2, 0.25) is 0 Å². The van der Waals surface area contributed by atoms with Crippen molar-refractivity contribution in [3.8, 4) is 17.2 Å². The van der Waals surface area contributed by atoms with Crippen LogP contribution < -0.4 is 14.2 Å². The second-order valence-electron chi connectivity index (χ2n) is 6.86. The number of methoxy groups -OCH3 is 2. The standard InChI is InChI=1S/C22H26BrNO5/c1-4-29-20-9-7-14(23)12-16(20)21(24-11-5-6-18(24)22(25)26)17-13-15(27-2)8-10-19(17)28-3/h7-10,12-13,18,21H,4-6,11H2,1-3H3,(H,25,26). The first-order chi connectivity index (χ1) is 14.0. The summed E-state index contributed by atoms with van der Waals surface area (Å²) in [6, 6.07) is 10.5. The van der Waals surface area contributed by atoms with Crippen molar-refractivity contribution in [1.29, 1.82) is 0 Å². The Labute approximate surface area is 179 Å². The Morgan fingerprint density at radius 3 is 2.55 bits per heavy atom. The van der Waals surface area contributed by atoms with Crippen LogP contribution in [0.25, 0.3) is 0 Å². The van der Waals surface area contributed by atoms with Gasteiger partial charge >= 0.3 is 5.97 Å². The zero-order valence-corrected chi connectivity index (χ0v) is 18.4. The summed E-state index contributed by atoms with van der Waals surface area (Å²) < 4.78 is 17.9. The first kappa shape index (κ1) is 21.5. The first-order valence-electron chi connectivity index (χ1n) is 9.62. The van der Waals surface area contributed by atoms with Gasteiger partial charge in [0.05, 0.1) is 26.9 Å². The van der Waals surface area contributed by atoms with Gasteiger partial charge in [0, 0.05) is 22.1 Å². The van der Waals surface area contributed by atoms with E-state index in [0.29, 0.717) is 31.1 Å². The first-order valence-corrected chi connectivity index (χ1v) is 10.4. The fourth-order valence-corrected chi connectivity index (χ4v) is 4.34. The summed E-state index contributed by atoms with van der Waals surface area (Å²) in [5.41, 5.74) is 1.74. The van der Waals surface area contributed by atoms with Crippen LogP contribution >= 0.6 is 15.9 Å². The van der Waals surface area contributed by atoms with Crippen LogP contribution in [0, 0.1) is 0 Å². The van der Waals surface area contributed by atoms with Gasteiger partial charge in [-0.3, -0.25) is 9.69 Å². The second-order valence-corrected chi connectivity index (χ2v) is 7.78. The molecule has 6 nitrogen and oxygen atoms in total. The Balaban J connectivity index is 2.24. The molecule has 1 fully saturated rings. The molecule has 156 valence electrons. The van der Waals surface area contributed by atoms with Crippen LogP contribution in [0.3, 0.4) is 0 Å². The monoisotopic (exact) mass is 463 g/mol. The average Bonchev–Trinajstić information content (AvgIpc) is 3.20. The van der Waals surface area contributed by atoms with Crippen molar-refractivity contribution in [3.05, 3.63) is 52.0 Å². The molecule has 0 amide bonds. The molecule has 3 rings (SSSR count). The van der Waals surface area contributed by atoms with Crippen molar-refractivity contribution in [2.75, 3.05) is 27.4 Å². The van der Waals surface area contributed by atoms with Gasteiger partial charge in [0.15, 0.2) is 0 Å². The van der Waals surface area contributed by atoms with Crippen LogP contribution in [-0.2, 0) is 4.79 Å². The van der Waals surface area contributed by atoms with E-state index in [2.05, 4.69) is 15.9 Å². The Kier molecular flexibility index (Phi) is 7.03. The summed E-state index contributed by atoms with van der Waals surface area (Å²) in [7, 11) is 3.23. The largest absolute Gasteiger partial charge is 0.497 e. The van der Waals surface area contributed by atoms with Crippen LogP contribution in [0.15, 0.2) is 40.9 Å². The molecule has 2 unspecified atom stereocenters. The van der Waals surface area contributed by atoms with Gasteiger partial charge in [-0.2, -0.15) is 0 Å². The molecule has 1 saturated heterocycles. The summed E-state index contributed by atoms with van der Waals surface area (Å²) in [6.07, 6.45) is 1.42. The molecular formula is C22H26BrNO5. The molecule has 2 aromatic carbocycles. The number of hydrogen-bond donors (Lipinski definition) is 1. The van der Waals surface area contributed by atoms with Crippen molar-refractivity contribution >= 4 is 21.9 Å². The predicted molar refractivity (Wildman–Crippen MR) is 114 cm³/mol. The topological polar surface area (TPSA) is 68.2 Å². The maximum Gasteiger partial charge on any atom is 0.320 e. The highest BCUT2D eigenvalue weighted by Gasteiger charge is 2.39. The number of carboxylic acids is 1. The molecule has 0 aromatic heterocycles. The maximum absolute atomic E-state index is 12.0. The van der Waals surface area contributed by atoms with E-state index in [4.69, 9.17) is 14.2 Å². The molecule has 2 atom stereocenters. The molecule has 29 heavy (non-hydrogen) atoms. The lowest BCUT2D eigenvalue weighted by Gasteiger charge is -2.34. The number of ether oxygens (including phenoxy) is 3. The SMILES string of the molecule is CCOc1ccc(Br)cc1C(c1cc(OC)ccc1OC)N1CCCC1C(=O)O. The molecule has 0 bridgehead atoms. The van der Waals surface area contributed by atoms with Crippen molar-refractivity contribution in [2.24, 2.45) is 0 Å². The van der Waals surface area contributed by atoms with Crippen molar-refractivity contribution in [1.82, 2.24) is 4.90 Å². The lowest BCUT2D eigenvalue weighted by molar-refractivity contribution is -0.142. The Hall–Kier alpha value is -2.25. The quantitative estimate of drug-likeness (QED) is 0.621. The predicted octanol–water partition coefficient (Wildman–Crippen LogP) is 4.50. The lowest BCUT2D eigenvalue weighted by atomic mass is 9.94. The number of likely N-dealkylation sites (tertiary alicyclic amines) is 1. The van der Waals surface area contributed by atoms with Crippen LogP contribution in [0.4, 0.5) is 0 Å². The van der Waals surface area contributed by atoms with Crippen LogP contribution in [0.1, 0.15) is 36.9 Å². The van der Waals surface area contributed by atoms with E-state index in [1.54, 1.807) is 14.2 Å². The summed E-state index contributed by atoms with van der Waals surface area (Å²) in [5.74, 6) is 1.27. The molecule has 1 aliphatic rings. The summed E-state index contributed by atoms with van der Waals surface area (Å²) in [6.45, 7) is 3.11. The number of aliphatic carboxylic acids is 1. The van der Waals surface area contributed by atoms with E-state index in [0.717, 1.165) is 27.8 Å². The molecule has 2 aromatic rings. The average molecular weight is 464 g/mol. The molecule has 0 saturated carbocycles. The number of benzene rings is 2. The summed E-state index contributed by atoms with van der Waals surface area (Å²) in [4.78, 5) is 14.0. The number of nitrogens with zero attached hydrogens (tertiary/aromatic N) is 1. The molecule has 1 aliphatic heterocycles. The number of hydrogen-bond acceptors (Lipinski definition) is 5. The maximum atomic E-state index is 12.0. The van der Waals surface area contributed by atoms with Crippen LogP contribution in [-0.4, -0.2) is 49.4 Å². The van der Waals surface area contributed by atoms with E-state index < -0.39 is 12.0 Å². The minimum absolute atomic E-state index is 0.359. The number of rotatable bonds is 8. The van der Waals surface area contributed by atoms with Gasteiger partial charge in [0.2, 0.25) is 0 Å².